The second kappa shape index (κ2) is 1.70. The van der Waals surface area contributed by atoms with Crippen molar-refractivity contribution in [3.8, 4) is 0 Å². The quantitative estimate of drug-likeness (QED) is 0.409. The van der Waals surface area contributed by atoms with E-state index in [4.69, 9.17) is 5.84 Å². The van der Waals surface area contributed by atoms with Gasteiger partial charge in [-0.1, -0.05) is 0 Å². The third kappa shape index (κ3) is 1.00. The number of rotatable bonds is 1. The summed E-state index contributed by atoms with van der Waals surface area (Å²) < 4.78 is 14.3. The molecular formula is C4H10N2OS. The van der Waals surface area contributed by atoms with Crippen molar-refractivity contribution in [2.45, 2.75) is 18.1 Å². The summed E-state index contributed by atoms with van der Waals surface area (Å²) in [5.41, 5.74) is 0. The monoisotopic (exact) mass is 134 g/mol. The molecule has 0 aromatic carbocycles. The fraction of sp³-hybridized carbons (Fsp3) is 1.00. The third-order valence-electron chi connectivity index (χ3n) is 1.35. The smallest absolute Gasteiger partial charge is 0.0634 e. The molecule has 0 amide bonds. The molecule has 1 fully saturated rings. The van der Waals surface area contributed by atoms with Crippen molar-refractivity contribution in [2.75, 3.05) is 6.26 Å². The van der Waals surface area contributed by atoms with Crippen LogP contribution in [-0.4, -0.2) is 15.7 Å². The van der Waals surface area contributed by atoms with Crippen LogP contribution in [0.3, 0.4) is 0 Å². The average molecular weight is 134 g/mol. The number of hydrogen-bond donors (Lipinski definition) is 1. The molecule has 1 rings (SSSR count). The van der Waals surface area contributed by atoms with Gasteiger partial charge in [0.15, 0.2) is 0 Å². The van der Waals surface area contributed by atoms with Gasteiger partial charge in [0.05, 0.1) is 9.73 Å². The van der Waals surface area contributed by atoms with Gasteiger partial charge in [-0.2, -0.15) is 4.47 Å². The Morgan fingerprint density at radius 2 is 2.25 bits per heavy atom. The molecule has 0 aromatic rings. The van der Waals surface area contributed by atoms with Gasteiger partial charge < -0.3 is 0 Å². The SMILES string of the molecule is CS(=O)(=NN)C1CC1. The fourth-order valence-electron chi connectivity index (χ4n) is 0.591. The van der Waals surface area contributed by atoms with Crippen LogP contribution < -0.4 is 5.84 Å². The second-order valence-electron chi connectivity index (χ2n) is 2.17. The first kappa shape index (κ1) is 6.04. The maximum absolute atomic E-state index is 11.0. The molecule has 1 saturated carbocycles. The summed E-state index contributed by atoms with van der Waals surface area (Å²) in [6, 6.07) is 0. The highest BCUT2D eigenvalue weighted by Crippen LogP contribution is 2.28. The van der Waals surface area contributed by atoms with Gasteiger partial charge in [-0.25, -0.2) is 10.1 Å². The van der Waals surface area contributed by atoms with Gasteiger partial charge >= 0.3 is 0 Å². The standard InChI is InChI=1S/C4H10N2OS/c1-8(7,6-5)4-2-3-4/h4H,2-3,5H2,1H3. The Morgan fingerprint density at radius 1 is 1.75 bits per heavy atom. The largest absolute Gasteiger partial charge is 0.248 e. The Bertz CT molecular complexity index is 188. The summed E-state index contributed by atoms with van der Waals surface area (Å²) in [6.07, 6.45) is 3.69. The molecule has 1 aliphatic rings. The van der Waals surface area contributed by atoms with Gasteiger partial charge in [-0.15, -0.1) is 0 Å². The minimum absolute atomic E-state index is 0.299. The highest BCUT2D eigenvalue weighted by Gasteiger charge is 2.29. The van der Waals surface area contributed by atoms with Gasteiger partial charge in [-0.3, -0.25) is 0 Å². The Morgan fingerprint density at radius 3 is 2.38 bits per heavy atom. The van der Waals surface area contributed by atoms with Gasteiger partial charge in [0.25, 0.3) is 0 Å². The normalized spacial score (nSPS) is 26.8. The molecule has 0 heterocycles. The van der Waals surface area contributed by atoms with Crippen LogP contribution in [0.2, 0.25) is 0 Å². The van der Waals surface area contributed by atoms with E-state index in [2.05, 4.69) is 4.47 Å². The lowest BCUT2D eigenvalue weighted by molar-refractivity contribution is 0.678. The number of nitrogens with zero attached hydrogens (tertiary/aromatic N) is 1. The van der Waals surface area contributed by atoms with E-state index in [1.54, 1.807) is 6.26 Å². The number of hydrogen-bond acceptors (Lipinski definition) is 2. The molecule has 0 aromatic heterocycles. The van der Waals surface area contributed by atoms with Crippen LogP contribution in [0.25, 0.3) is 0 Å². The second-order valence-corrected chi connectivity index (χ2v) is 4.77. The maximum atomic E-state index is 11.0. The first-order chi connectivity index (χ1) is 3.67. The molecule has 2 N–H and O–H groups in total. The van der Waals surface area contributed by atoms with Gasteiger partial charge in [-0.05, 0) is 12.8 Å². The molecule has 0 saturated heterocycles. The summed E-state index contributed by atoms with van der Waals surface area (Å²) in [7, 11) is -1.97. The summed E-state index contributed by atoms with van der Waals surface area (Å²) in [4.78, 5) is 0. The summed E-state index contributed by atoms with van der Waals surface area (Å²) in [6.45, 7) is 0. The first-order valence-electron chi connectivity index (χ1n) is 2.57. The average Bonchev–Trinajstić information content (AvgIpc) is 2.44. The van der Waals surface area contributed by atoms with E-state index >= 15 is 0 Å². The molecule has 1 unspecified atom stereocenters. The fourth-order valence-corrected chi connectivity index (χ4v) is 1.77. The van der Waals surface area contributed by atoms with Crippen molar-refractivity contribution in [3.63, 3.8) is 0 Å². The molecule has 0 spiro atoms. The third-order valence-corrected chi connectivity index (χ3v) is 3.48. The van der Waals surface area contributed by atoms with Crippen molar-refractivity contribution in [1.82, 2.24) is 0 Å². The zero-order valence-electron chi connectivity index (χ0n) is 4.83. The summed E-state index contributed by atoms with van der Waals surface area (Å²) in [5.74, 6) is 4.90. The van der Waals surface area contributed by atoms with E-state index in [-0.39, 0.29) is 0 Å². The Balaban J connectivity index is 2.80. The maximum Gasteiger partial charge on any atom is 0.0634 e. The molecule has 48 valence electrons. The molecule has 8 heavy (non-hydrogen) atoms. The number of nitrogens with two attached hydrogens (primary N) is 1. The minimum atomic E-state index is -1.97. The van der Waals surface area contributed by atoms with Crippen LogP contribution in [0.5, 0.6) is 0 Å². The zero-order chi connectivity index (χ0) is 6.20. The lowest BCUT2D eigenvalue weighted by Crippen LogP contribution is -2.05. The van der Waals surface area contributed by atoms with Crippen molar-refractivity contribution < 1.29 is 4.21 Å². The van der Waals surface area contributed by atoms with E-state index in [0.717, 1.165) is 12.8 Å². The predicted octanol–water partition coefficient (Wildman–Crippen LogP) is 0.120. The molecule has 3 nitrogen and oxygen atoms in total. The van der Waals surface area contributed by atoms with Crippen LogP contribution in [0, 0.1) is 0 Å². The zero-order valence-corrected chi connectivity index (χ0v) is 5.65. The highest BCUT2D eigenvalue weighted by molar-refractivity contribution is 7.93. The van der Waals surface area contributed by atoms with Crippen molar-refractivity contribution in [2.24, 2.45) is 10.3 Å². The van der Waals surface area contributed by atoms with Crippen molar-refractivity contribution in [1.29, 1.82) is 0 Å². The molecule has 1 atom stereocenters. The lowest BCUT2D eigenvalue weighted by Gasteiger charge is -1.93. The molecule has 1 aliphatic carbocycles. The van der Waals surface area contributed by atoms with E-state index in [1.807, 2.05) is 0 Å². The molecular weight excluding hydrogens is 124 g/mol. The minimum Gasteiger partial charge on any atom is -0.248 e. The van der Waals surface area contributed by atoms with E-state index in [0.29, 0.717) is 5.25 Å². The van der Waals surface area contributed by atoms with Gasteiger partial charge in [0, 0.05) is 11.5 Å². The lowest BCUT2D eigenvalue weighted by atomic mass is 11.0. The van der Waals surface area contributed by atoms with Crippen molar-refractivity contribution in [3.05, 3.63) is 0 Å². The Labute approximate surface area is 49.4 Å². The molecule has 4 heteroatoms. The van der Waals surface area contributed by atoms with E-state index in [1.165, 1.54) is 0 Å². The van der Waals surface area contributed by atoms with Crippen molar-refractivity contribution >= 4 is 9.73 Å². The van der Waals surface area contributed by atoms with E-state index in [9.17, 15) is 4.21 Å². The topological polar surface area (TPSA) is 55.5 Å². The Kier molecular flexibility index (Phi) is 1.28. The van der Waals surface area contributed by atoms with Crippen LogP contribution in [0.1, 0.15) is 12.8 Å². The van der Waals surface area contributed by atoms with Crippen LogP contribution in [0.4, 0.5) is 0 Å². The van der Waals surface area contributed by atoms with Gasteiger partial charge in [0.1, 0.15) is 0 Å². The van der Waals surface area contributed by atoms with Gasteiger partial charge in [0.2, 0.25) is 0 Å². The van der Waals surface area contributed by atoms with Crippen LogP contribution in [-0.2, 0) is 9.73 Å². The summed E-state index contributed by atoms with van der Waals surface area (Å²) in [5, 5.41) is 0.299. The molecule has 0 bridgehead atoms. The Hall–Kier alpha value is -0.0900. The van der Waals surface area contributed by atoms with Crippen LogP contribution in [0.15, 0.2) is 4.47 Å². The van der Waals surface area contributed by atoms with Crippen LogP contribution >= 0.6 is 0 Å². The molecule has 0 aliphatic heterocycles. The summed E-state index contributed by atoms with van der Waals surface area (Å²) >= 11 is 0. The highest BCUT2D eigenvalue weighted by atomic mass is 32.2. The molecule has 0 radical (unpaired) electrons. The first-order valence-corrected chi connectivity index (χ1v) is 4.55. The predicted molar refractivity (Wildman–Crippen MR) is 33.7 cm³/mol. The van der Waals surface area contributed by atoms with E-state index < -0.39 is 9.73 Å².